The fourth-order valence-electron chi connectivity index (χ4n) is 3.25. The van der Waals surface area contributed by atoms with Gasteiger partial charge in [0.1, 0.15) is 0 Å². The Hall–Kier alpha value is -1.07. The summed E-state index contributed by atoms with van der Waals surface area (Å²) in [5, 5.41) is 0.773. The number of hydrogen-bond donors (Lipinski definition) is 1. The molecule has 0 radical (unpaired) electrons. The predicted octanol–water partition coefficient (Wildman–Crippen LogP) is 5.05. The van der Waals surface area contributed by atoms with E-state index in [2.05, 4.69) is 16.9 Å². The Kier molecular flexibility index (Phi) is 5.74. The van der Waals surface area contributed by atoms with Crippen molar-refractivity contribution < 1.29 is 8.42 Å². The summed E-state index contributed by atoms with van der Waals surface area (Å²) in [5.74, 6) is -0.126. The molecule has 3 nitrogen and oxygen atoms in total. The summed E-state index contributed by atoms with van der Waals surface area (Å²) in [6, 6.07) is 10.9. The largest absolute Gasteiger partial charge is 0.216 e. The van der Waals surface area contributed by atoms with E-state index >= 15 is 0 Å². The minimum absolute atomic E-state index is 0.126. The summed E-state index contributed by atoms with van der Waals surface area (Å²) < 4.78 is 27.7. The zero-order valence-electron chi connectivity index (χ0n) is 14.1. The van der Waals surface area contributed by atoms with Crippen LogP contribution >= 0.6 is 23.2 Å². The zero-order chi connectivity index (χ0) is 18.0. The number of rotatable bonds is 5. The molecule has 0 heterocycles. The van der Waals surface area contributed by atoms with Gasteiger partial charge in [0, 0.05) is 6.04 Å². The molecule has 0 saturated heterocycles. The highest BCUT2D eigenvalue weighted by Crippen LogP contribution is 2.26. The van der Waals surface area contributed by atoms with Gasteiger partial charge in [-0.15, -0.1) is 0 Å². The maximum absolute atomic E-state index is 12.5. The SMILES string of the molecule is C[C@@H](NS(=O)(=O)Cc1ccc(Cl)c(Cl)c1)c1ccc2c(c1)CCCC2. The molecular weight excluding hydrogens is 377 g/mol. The van der Waals surface area contributed by atoms with Crippen molar-refractivity contribution in [2.24, 2.45) is 0 Å². The van der Waals surface area contributed by atoms with Gasteiger partial charge in [-0.25, -0.2) is 13.1 Å². The predicted molar refractivity (Wildman–Crippen MR) is 104 cm³/mol. The van der Waals surface area contributed by atoms with Crippen LogP contribution in [0.4, 0.5) is 0 Å². The molecule has 0 saturated carbocycles. The van der Waals surface area contributed by atoms with Crippen LogP contribution in [0.1, 0.15) is 48.1 Å². The molecule has 6 heteroatoms. The van der Waals surface area contributed by atoms with E-state index < -0.39 is 10.0 Å². The standard InChI is InChI=1S/C19H21Cl2NO2S/c1-13(16-8-7-15-4-2-3-5-17(15)11-16)22-25(23,24)12-14-6-9-18(20)19(21)10-14/h6-11,13,22H,2-5,12H2,1H3/t13-/m1/s1. The smallest absolute Gasteiger partial charge is 0.212 e. The second-order valence-electron chi connectivity index (χ2n) is 6.58. The summed E-state index contributed by atoms with van der Waals surface area (Å²) in [7, 11) is -3.48. The van der Waals surface area contributed by atoms with E-state index in [9.17, 15) is 8.42 Å². The van der Waals surface area contributed by atoms with Crippen LogP contribution in [-0.2, 0) is 28.6 Å². The van der Waals surface area contributed by atoms with E-state index in [0.717, 1.165) is 18.4 Å². The van der Waals surface area contributed by atoms with Crippen LogP contribution < -0.4 is 4.72 Å². The Morgan fingerprint density at radius 2 is 1.72 bits per heavy atom. The fourth-order valence-corrected chi connectivity index (χ4v) is 4.95. The molecule has 0 fully saturated rings. The Labute approximate surface area is 159 Å². The minimum atomic E-state index is -3.48. The average Bonchev–Trinajstić information content (AvgIpc) is 2.57. The molecule has 1 atom stereocenters. The van der Waals surface area contributed by atoms with Crippen LogP contribution in [-0.4, -0.2) is 8.42 Å². The molecule has 1 N–H and O–H groups in total. The van der Waals surface area contributed by atoms with Crippen LogP contribution in [0.2, 0.25) is 10.0 Å². The van der Waals surface area contributed by atoms with Crippen LogP contribution in [0, 0.1) is 0 Å². The lowest BCUT2D eigenvalue weighted by Crippen LogP contribution is -2.28. The highest BCUT2D eigenvalue weighted by Gasteiger charge is 2.18. The molecule has 0 aliphatic heterocycles. The first kappa shape index (κ1) is 18.7. The third kappa shape index (κ3) is 4.76. The van der Waals surface area contributed by atoms with Gasteiger partial charge in [-0.1, -0.05) is 47.5 Å². The number of fused-ring (bicyclic) bond motifs is 1. The summed E-state index contributed by atoms with van der Waals surface area (Å²) in [6.45, 7) is 1.87. The lowest BCUT2D eigenvalue weighted by molar-refractivity contribution is 0.565. The molecule has 25 heavy (non-hydrogen) atoms. The van der Waals surface area contributed by atoms with Gasteiger partial charge in [0.05, 0.1) is 15.8 Å². The van der Waals surface area contributed by atoms with Crippen LogP contribution in [0.25, 0.3) is 0 Å². The third-order valence-electron chi connectivity index (χ3n) is 4.57. The lowest BCUT2D eigenvalue weighted by atomic mass is 9.89. The first-order valence-electron chi connectivity index (χ1n) is 8.40. The maximum atomic E-state index is 12.5. The average molecular weight is 398 g/mol. The molecule has 134 valence electrons. The van der Waals surface area contributed by atoms with Crippen molar-refractivity contribution in [3.8, 4) is 0 Å². The van der Waals surface area contributed by atoms with Gasteiger partial charge in [-0.3, -0.25) is 0 Å². The van der Waals surface area contributed by atoms with Crippen molar-refractivity contribution in [2.75, 3.05) is 0 Å². The first-order chi connectivity index (χ1) is 11.8. The monoisotopic (exact) mass is 397 g/mol. The summed E-state index contributed by atoms with van der Waals surface area (Å²) >= 11 is 11.8. The van der Waals surface area contributed by atoms with Crippen molar-refractivity contribution in [3.05, 3.63) is 68.7 Å². The van der Waals surface area contributed by atoms with Gasteiger partial charge < -0.3 is 0 Å². The summed E-state index contributed by atoms with van der Waals surface area (Å²) in [5.41, 5.74) is 4.35. The zero-order valence-corrected chi connectivity index (χ0v) is 16.4. The van der Waals surface area contributed by atoms with Gasteiger partial charge in [0.2, 0.25) is 10.0 Å². The Morgan fingerprint density at radius 3 is 2.44 bits per heavy atom. The van der Waals surface area contributed by atoms with Crippen LogP contribution in [0.3, 0.4) is 0 Å². The van der Waals surface area contributed by atoms with Crippen molar-refractivity contribution in [2.45, 2.75) is 44.4 Å². The molecule has 0 spiro atoms. The molecule has 1 aliphatic rings. The van der Waals surface area contributed by atoms with E-state index in [0.29, 0.717) is 15.6 Å². The van der Waals surface area contributed by atoms with E-state index in [4.69, 9.17) is 23.2 Å². The number of hydrogen-bond acceptors (Lipinski definition) is 2. The minimum Gasteiger partial charge on any atom is -0.212 e. The third-order valence-corrected chi connectivity index (χ3v) is 6.73. The number of sulfonamides is 1. The molecule has 0 bridgehead atoms. The van der Waals surface area contributed by atoms with Crippen LogP contribution in [0.5, 0.6) is 0 Å². The number of aryl methyl sites for hydroxylation is 2. The molecule has 0 unspecified atom stereocenters. The van der Waals surface area contributed by atoms with Crippen molar-refractivity contribution >= 4 is 33.2 Å². The van der Waals surface area contributed by atoms with Gasteiger partial charge >= 0.3 is 0 Å². The lowest BCUT2D eigenvalue weighted by Gasteiger charge is -2.20. The summed E-state index contributed by atoms with van der Waals surface area (Å²) in [6.07, 6.45) is 4.63. The first-order valence-corrected chi connectivity index (χ1v) is 10.8. The van der Waals surface area contributed by atoms with Crippen molar-refractivity contribution in [1.29, 1.82) is 0 Å². The van der Waals surface area contributed by atoms with Gasteiger partial charge in [-0.05, 0) is 67.0 Å². The Bertz CT molecular complexity index is 881. The van der Waals surface area contributed by atoms with Crippen molar-refractivity contribution in [1.82, 2.24) is 4.72 Å². The second-order valence-corrected chi connectivity index (χ2v) is 9.15. The molecule has 1 aliphatic carbocycles. The normalized spacial score (nSPS) is 15.6. The molecule has 3 rings (SSSR count). The van der Waals surface area contributed by atoms with E-state index in [1.165, 1.54) is 24.0 Å². The van der Waals surface area contributed by atoms with Gasteiger partial charge in [0.15, 0.2) is 0 Å². The van der Waals surface area contributed by atoms with Crippen LogP contribution in [0.15, 0.2) is 36.4 Å². The Balaban J connectivity index is 1.72. The maximum Gasteiger partial charge on any atom is 0.216 e. The van der Waals surface area contributed by atoms with Gasteiger partial charge in [0.25, 0.3) is 0 Å². The fraction of sp³-hybridized carbons (Fsp3) is 0.368. The molecule has 0 amide bonds. The van der Waals surface area contributed by atoms with E-state index in [1.807, 2.05) is 13.0 Å². The quantitative estimate of drug-likeness (QED) is 0.766. The second kappa shape index (κ2) is 7.67. The molecule has 2 aromatic rings. The topological polar surface area (TPSA) is 46.2 Å². The summed E-state index contributed by atoms with van der Waals surface area (Å²) in [4.78, 5) is 0. The molecular formula is C19H21Cl2NO2S. The number of halogens is 2. The Morgan fingerprint density at radius 1 is 1.00 bits per heavy atom. The molecule has 2 aromatic carbocycles. The highest BCUT2D eigenvalue weighted by atomic mass is 35.5. The molecule has 0 aromatic heterocycles. The number of nitrogens with one attached hydrogen (secondary N) is 1. The number of benzene rings is 2. The van der Waals surface area contributed by atoms with Crippen molar-refractivity contribution in [3.63, 3.8) is 0 Å². The highest BCUT2D eigenvalue weighted by molar-refractivity contribution is 7.88. The van der Waals surface area contributed by atoms with E-state index in [1.54, 1.807) is 18.2 Å². The van der Waals surface area contributed by atoms with Gasteiger partial charge in [-0.2, -0.15) is 0 Å². The van der Waals surface area contributed by atoms with E-state index in [-0.39, 0.29) is 11.8 Å².